The lowest BCUT2D eigenvalue weighted by Gasteiger charge is -2.55. The number of hydrogen-bond acceptors (Lipinski definition) is 2. The Bertz CT molecular complexity index is 510. The summed E-state index contributed by atoms with van der Waals surface area (Å²) in [6.07, 6.45) is 7.27. The Morgan fingerprint density at radius 3 is 2.29 bits per heavy atom. The Balaban J connectivity index is 1.52. The van der Waals surface area contributed by atoms with Crippen LogP contribution in [-0.4, -0.2) is 11.1 Å². The number of phenolic OH excluding ortho intramolecular Hbond substituents is 1. The zero-order chi connectivity index (χ0) is 14.6. The van der Waals surface area contributed by atoms with Gasteiger partial charge in [0.15, 0.2) is 0 Å². The molecule has 2 nitrogen and oxygen atoms in total. The average molecular weight is 285 g/mol. The van der Waals surface area contributed by atoms with Crippen molar-refractivity contribution in [2.75, 3.05) is 0 Å². The van der Waals surface area contributed by atoms with Crippen molar-refractivity contribution in [3.63, 3.8) is 0 Å². The fraction of sp³-hybridized carbons (Fsp3) is 0.684. The zero-order valence-corrected chi connectivity index (χ0v) is 13.2. The summed E-state index contributed by atoms with van der Waals surface area (Å²) < 4.78 is 0. The molecule has 0 spiro atoms. The van der Waals surface area contributed by atoms with Gasteiger partial charge in [0.2, 0.25) is 0 Å². The molecular formula is C19H27NO. The van der Waals surface area contributed by atoms with E-state index in [0.717, 1.165) is 29.2 Å². The maximum atomic E-state index is 10.1. The summed E-state index contributed by atoms with van der Waals surface area (Å²) in [5.41, 5.74) is 2.28. The van der Waals surface area contributed by atoms with E-state index in [2.05, 4.69) is 25.2 Å². The molecule has 1 unspecified atom stereocenters. The van der Waals surface area contributed by atoms with Gasteiger partial charge in [0, 0.05) is 17.6 Å². The highest BCUT2D eigenvalue weighted by molar-refractivity contribution is 5.37. The highest BCUT2D eigenvalue weighted by Crippen LogP contribution is 2.54. The predicted octanol–water partition coefficient (Wildman–Crippen LogP) is 4.18. The molecule has 1 aromatic carbocycles. The Morgan fingerprint density at radius 2 is 1.67 bits per heavy atom. The highest BCUT2D eigenvalue weighted by Gasteiger charge is 2.48. The molecular weight excluding hydrogens is 258 g/mol. The molecule has 1 atom stereocenters. The maximum absolute atomic E-state index is 10.1. The highest BCUT2D eigenvalue weighted by atomic mass is 16.3. The number of rotatable bonds is 3. The number of nitrogens with one attached hydrogen (secondary N) is 1. The Kier molecular flexibility index (Phi) is 3.25. The quantitative estimate of drug-likeness (QED) is 0.873. The minimum Gasteiger partial charge on any atom is -0.508 e. The Morgan fingerprint density at radius 1 is 1.05 bits per heavy atom. The van der Waals surface area contributed by atoms with Gasteiger partial charge in [0.25, 0.3) is 0 Å². The number of benzene rings is 1. The van der Waals surface area contributed by atoms with Crippen LogP contribution in [0.4, 0.5) is 0 Å². The molecule has 0 aromatic heterocycles. The second-order valence-electron chi connectivity index (χ2n) is 7.91. The fourth-order valence-corrected chi connectivity index (χ4v) is 5.60. The second-order valence-corrected chi connectivity index (χ2v) is 7.91. The lowest BCUT2D eigenvalue weighted by Crippen LogP contribution is -2.54. The third-order valence-corrected chi connectivity index (χ3v) is 6.32. The molecule has 4 aliphatic carbocycles. The Labute approximate surface area is 128 Å². The van der Waals surface area contributed by atoms with Crippen LogP contribution < -0.4 is 5.32 Å². The molecule has 0 radical (unpaired) electrons. The van der Waals surface area contributed by atoms with E-state index < -0.39 is 0 Å². The van der Waals surface area contributed by atoms with Crippen molar-refractivity contribution < 1.29 is 5.11 Å². The van der Waals surface area contributed by atoms with Gasteiger partial charge >= 0.3 is 0 Å². The van der Waals surface area contributed by atoms with Gasteiger partial charge in [-0.2, -0.15) is 0 Å². The molecule has 0 amide bonds. The third kappa shape index (κ3) is 2.38. The topological polar surface area (TPSA) is 32.3 Å². The zero-order valence-electron chi connectivity index (χ0n) is 13.2. The monoisotopic (exact) mass is 285 g/mol. The van der Waals surface area contributed by atoms with Gasteiger partial charge in [-0.1, -0.05) is 17.7 Å². The fourth-order valence-electron chi connectivity index (χ4n) is 5.60. The maximum Gasteiger partial charge on any atom is 0.120 e. The molecule has 2 N–H and O–H groups in total. The Hall–Kier alpha value is -1.02. The van der Waals surface area contributed by atoms with Crippen LogP contribution in [0.2, 0.25) is 0 Å². The summed E-state index contributed by atoms with van der Waals surface area (Å²) in [6, 6.07) is 6.86. The van der Waals surface area contributed by atoms with Crippen molar-refractivity contribution in [2.45, 2.75) is 58.0 Å². The van der Waals surface area contributed by atoms with Crippen molar-refractivity contribution in [1.82, 2.24) is 5.32 Å². The van der Waals surface area contributed by atoms with E-state index in [-0.39, 0.29) is 6.04 Å². The predicted molar refractivity (Wildman–Crippen MR) is 85.2 cm³/mol. The van der Waals surface area contributed by atoms with Gasteiger partial charge in [0.1, 0.15) is 5.75 Å². The van der Waals surface area contributed by atoms with Crippen molar-refractivity contribution in [3.05, 3.63) is 29.3 Å². The molecule has 114 valence electrons. The minimum absolute atomic E-state index is 0.243. The number of aromatic hydroxyl groups is 1. The van der Waals surface area contributed by atoms with Crippen LogP contribution in [0.25, 0.3) is 0 Å². The smallest absolute Gasteiger partial charge is 0.120 e. The summed E-state index contributed by atoms with van der Waals surface area (Å²) in [5, 5.41) is 14.0. The van der Waals surface area contributed by atoms with Gasteiger partial charge in [-0.15, -0.1) is 0 Å². The largest absolute Gasteiger partial charge is 0.508 e. The first-order chi connectivity index (χ1) is 10.1. The lowest BCUT2D eigenvalue weighted by atomic mass is 9.54. The third-order valence-electron chi connectivity index (χ3n) is 6.32. The summed E-state index contributed by atoms with van der Waals surface area (Å²) in [4.78, 5) is 0. The minimum atomic E-state index is 0.243. The number of hydrogen-bond donors (Lipinski definition) is 2. The van der Waals surface area contributed by atoms with Crippen molar-refractivity contribution in [3.8, 4) is 5.75 Å². The van der Waals surface area contributed by atoms with Crippen LogP contribution in [0.5, 0.6) is 5.75 Å². The molecule has 4 bridgehead atoms. The van der Waals surface area contributed by atoms with Crippen LogP contribution in [-0.2, 0) is 0 Å². The standard InChI is InChI=1S/C19H27NO/c1-11-3-4-18(21)17(5-11)12(2)20-19-15-7-13-6-14(9-15)10-16(19)8-13/h3-5,12-16,19-21H,6-10H2,1-2H3. The van der Waals surface area contributed by atoms with Gasteiger partial charge in [0.05, 0.1) is 0 Å². The molecule has 0 heterocycles. The van der Waals surface area contributed by atoms with Crippen LogP contribution in [0, 0.1) is 30.6 Å². The second kappa shape index (κ2) is 5.01. The molecule has 0 aliphatic heterocycles. The molecule has 4 fully saturated rings. The van der Waals surface area contributed by atoms with Crippen molar-refractivity contribution in [1.29, 1.82) is 0 Å². The summed E-state index contributed by atoms with van der Waals surface area (Å²) in [6.45, 7) is 4.30. The molecule has 2 heteroatoms. The molecule has 21 heavy (non-hydrogen) atoms. The number of aryl methyl sites for hydroxylation is 1. The van der Waals surface area contributed by atoms with Gasteiger partial charge in [-0.25, -0.2) is 0 Å². The van der Waals surface area contributed by atoms with E-state index in [1.165, 1.54) is 37.7 Å². The van der Waals surface area contributed by atoms with Crippen LogP contribution >= 0.6 is 0 Å². The van der Waals surface area contributed by atoms with E-state index >= 15 is 0 Å². The van der Waals surface area contributed by atoms with Gasteiger partial charge in [-0.3, -0.25) is 0 Å². The van der Waals surface area contributed by atoms with E-state index in [1.54, 1.807) is 0 Å². The lowest BCUT2D eigenvalue weighted by molar-refractivity contribution is -0.0171. The van der Waals surface area contributed by atoms with Crippen LogP contribution in [0.15, 0.2) is 18.2 Å². The van der Waals surface area contributed by atoms with E-state index in [4.69, 9.17) is 0 Å². The van der Waals surface area contributed by atoms with Crippen molar-refractivity contribution in [2.24, 2.45) is 23.7 Å². The molecule has 4 aliphatic rings. The first-order valence-electron chi connectivity index (χ1n) is 8.65. The first kappa shape index (κ1) is 13.6. The van der Waals surface area contributed by atoms with Gasteiger partial charge < -0.3 is 10.4 Å². The molecule has 0 saturated heterocycles. The summed E-state index contributed by atoms with van der Waals surface area (Å²) >= 11 is 0. The van der Waals surface area contributed by atoms with Crippen LogP contribution in [0.1, 0.15) is 56.2 Å². The molecule has 5 rings (SSSR count). The summed E-state index contributed by atoms with van der Waals surface area (Å²) in [5.74, 6) is 4.25. The first-order valence-corrected chi connectivity index (χ1v) is 8.65. The van der Waals surface area contributed by atoms with Crippen LogP contribution in [0.3, 0.4) is 0 Å². The van der Waals surface area contributed by atoms with E-state index in [1.807, 2.05) is 12.1 Å². The summed E-state index contributed by atoms with van der Waals surface area (Å²) in [7, 11) is 0. The van der Waals surface area contributed by atoms with E-state index in [0.29, 0.717) is 11.8 Å². The molecule has 1 aromatic rings. The average Bonchev–Trinajstić information content (AvgIpc) is 2.44. The molecule has 4 saturated carbocycles. The van der Waals surface area contributed by atoms with E-state index in [9.17, 15) is 5.11 Å². The normalized spacial score (nSPS) is 38.7. The van der Waals surface area contributed by atoms with Gasteiger partial charge in [-0.05, 0) is 75.7 Å². The number of phenols is 1. The SMILES string of the molecule is Cc1ccc(O)c(C(C)NC2C3CC4CC(C3)CC2C4)c1. The van der Waals surface area contributed by atoms with Crippen molar-refractivity contribution >= 4 is 0 Å².